The molecule has 1 aromatic carbocycles. The lowest BCUT2D eigenvalue weighted by Crippen LogP contribution is -2.23. The number of sulfonamides is 1. The minimum absolute atomic E-state index is 0.0587. The third kappa shape index (κ3) is 2.47. The molecule has 1 aliphatic rings. The topological polar surface area (TPSA) is 86.9 Å². The highest BCUT2D eigenvalue weighted by Crippen LogP contribution is 2.21. The van der Waals surface area contributed by atoms with Gasteiger partial charge in [0.25, 0.3) is 10.0 Å². The molecule has 100 valence electrons. The Labute approximate surface area is 111 Å². The predicted molar refractivity (Wildman–Crippen MR) is 71.2 cm³/mol. The van der Waals surface area contributed by atoms with E-state index in [0.717, 1.165) is 25.1 Å². The summed E-state index contributed by atoms with van der Waals surface area (Å²) in [6.45, 7) is 1.74. The fraction of sp³-hybridized carbons (Fsp3) is 0.250. The van der Waals surface area contributed by atoms with Gasteiger partial charge in [-0.1, -0.05) is 6.07 Å². The first-order chi connectivity index (χ1) is 9.15. The van der Waals surface area contributed by atoms with Crippen molar-refractivity contribution in [2.24, 2.45) is 0 Å². The van der Waals surface area contributed by atoms with Crippen molar-refractivity contribution < 1.29 is 8.42 Å². The molecule has 0 fully saturated rings. The van der Waals surface area contributed by atoms with Gasteiger partial charge < -0.3 is 5.32 Å². The first-order valence-corrected chi connectivity index (χ1v) is 7.48. The van der Waals surface area contributed by atoms with Crippen molar-refractivity contribution in [3.63, 3.8) is 0 Å². The first-order valence-electron chi connectivity index (χ1n) is 6.00. The minimum Gasteiger partial charge on any atom is -0.312 e. The van der Waals surface area contributed by atoms with Crippen LogP contribution in [0.3, 0.4) is 0 Å². The van der Waals surface area contributed by atoms with Gasteiger partial charge in [0.05, 0.1) is 6.20 Å². The number of benzene rings is 1. The molecule has 3 N–H and O–H groups in total. The highest BCUT2D eigenvalue weighted by molar-refractivity contribution is 7.92. The number of H-pyrrole nitrogens is 1. The maximum absolute atomic E-state index is 12.0. The van der Waals surface area contributed by atoms with E-state index in [0.29, 0.717) is 5.69 Å². The lowest BCUT2D eigenvalue weighted by Gasteiger charge is -2.18. The van der Waals surface area contributed by atoms with Crippen LogP contribution in [0.15, 0.2) is 35.5 Å². The highest BCUT2D eigenvalue weighted by atomic mass is 32.2. The van der Waals surface area contributed by atoms with E-state index in [1.807, 2.05) is 12.1 Å². The lowest BCUT2D eigenvalue weighted by molar-refractivity contribution is 0.597. The quantitative estimate of drug-likeness (QED) is 0.777. The molecule has 0 saturated heterocycles. The summed E-state index contributed by atoms with van der Waals surface area (Å²) in [5.41, 5.74) is 2.97. The molecule has 0 saturated carbocycles. The standard InChI is InChI=1S/C12H14N4O2S/c17-19(18,12-4-6-14-15-12)16-11-2-1-9-3-5-13-8-10(9)7-11/h1-2,4,6-7,13,16H,3,5,8H2,(H,14,15). The molecule has 0 aliphatic carbocycles. The fourth-order valence-electron chi connectivity index (χ4n) is 2.15. The van der Waals surface area contributed by atoms with Gasteiger partial charge in [-0.05, 0) is 42.3 Å². The van der Waals surface area contributed by atoms with Crippen molar-refractivity contribution in [2.45, 2.75) is 18.0 Å². The van der Waals surface area contributed by atoms with Gasteiger partial charge in [0.1, 0.15) is 0 Å². The van der Waals surface area contributed by atoms with E-state index < -0.39 is 10.0 Å². The van der Waals surface area contributed by atoms with E-state index in [4.69, 9.17) is 0 Å². The van der Waals surface area contributed by atoms with Gasteiger partial charge in [-0.2, -0.15) is 13.5 Å². The zero-order valence-corrected chi connectivity index (χ0v) is 11.0. The van der Waals surface area contributed by atoms with Crippen molar-refractivity contribution >= 4 is 15.7 Å². The number of nitrogens with one attached hydrogen (secondary N) is 3. The van der Waals surface area contributed by atoms with Gasteiger partial charge in [-0.3, -0.25) is 9.82 Å². The summed E-state index contributed by atoms with van der Waals surface area (Å²) in [4.78, 5) is 0. The zero-order chi connectivity index (χ0) is 13.3. The van der Waals surface area contributed by atoms with Gasteiger partial charge in [-0.15, -0.1) is 0 Å². The first kappa shape index (κ1) is 12.2. The summed E-state index contributed by atoms with van der Waals surface area (Å²) in [5, 5.41) is 9.42. The van der Waals surface area contributed by atoms with Crippen molar-refractivity contribution in [3.8, 4) is 0 Å². The van der Waals surface area contributed by atoms with Crippen LogP contribution in [-0.4, -0.2) is 25.2 Å². The van der Waals surface area contributed by atoms with Crippen LogP contribution in [0, 0.1) is 0 Å². The van der Waals surface area contributed by atoms with Crippen molar-refractivity contribution in [3.05, 3.63) is 41.6 Å². The van der Waals surface area contributed by atoms with Gasteiger partial charge >= 0.3 is 0 Å². The molecule has 1 aromatic heterocycles. The molecule has 0 bridgehead atoms. The van der Waals surface area contributed by atoms with Gasteiger partial charge in [0.15, 0.2) is 5.03 Å². The zero-order valence-electron chi connectivity index (χ0n) is 10.2. The molecule has 19 heavy (non-hydrogen) atoms. The van der Waals surface area contributed by atoms with Crippen LogP contribution in [0.1, 0.15) is 11.1 Å². The normalized spacial score (nSPS) is 14.9. The molecule has 2 heterocycles. The summed E-state index contributed by atoms with van der Waals surface area (Å²) in [6.07, 6.45) is 2.38. The third-order valence-electron chi connectivity index (χ3n) is 3.11. The van der Waals surface area contributed by atoms with E-state index in [1.54, 1.807) is 6.07 Å². The molecule has 0 amide bonds. The molecular weight excluding hydrogens is 264 g/mol. The SMILES string of the molecule is O=S(=O)(Nc1ccc2c(c1)CNCC2)c1ccn[nH]1. The van der Waals surface area contributed by atoms with Crippen molar-refractivity contribution in [1.29, 1.82) is 0 Å². The Balaban J connectivity index is 1.88. The van der Waals surface area contributed by atoms with Crippen LogP contribution in [-0.2, 0) is 23.0 Å². The van der Waals surface area contributed by atoms with Gasteiger partial charge in [0.2, 0.25) is 0 Å². The van der Waals surface area contributed by atoms with Crippen LogP contribution in [0.25, 0.3) is 0 Å². The lowest BCUT2D eigenvalue weighted by atomic mass is 10.0. The molecule has 7 heteroatoms. The number of anilines is 1. The maximum atomic E-state index is 12.0. The molecule has 0 unspecified atom stereocenters. The number of rotatable bonds is 3. The van der Waals surface area contributed by atoms with Crippen molar-refractivity contribution in [2.75, 3.05) is 11.3 Å². The van der Waals surface area contributed by atoms with Crippen LogP contribution in [0.5, 0.6) is 0 Å². The van der Waals surface area contributed by atoms with E-state index in [9.17, 15) is 8.42 Å². The molecule has 6 nitrogen and oxygen atoms in total. The molecule has 1 aliphatic heterocycles. The average molecular weight is 278 g/mol. The second kappa shape index (κ2) is 4.67. The van der Waals surface area contributed by atoms with E-state index >= 15 is 0 Å². The van der Waals surface area contributed by atoms with E-state index in [1.165, 1.54) is 17.8 Å². The smallest absolute Gasteiger partial charge is 0.278 e. The summed E-state index contributed by atoms with van der Waals surface area (Å²) in [7, 11) is -3.58. The van der Waals surface area contributed by atoms with E-state index in [2.05, 4.69) is 20.2 Å². The Morgan fingerprint density at radius 1 is 1.21 bits per heavy atom. The molecule has 2 aromatic rings. The maximum Gasteiger partial charge on any atom is 0.278 e. The Bertz CT molecular complexity index is 680. The Kier molecular flexibility index (Phi) is 3.00. The fourth-order valence-corrected chi connectivity index (χ4v) is 3.11. The Morgan fingerprint density at radius 2 is 2.11 bits per heavy atom. The number of hydrogen-bond acceptors (Lipinski definition) is 4. The number of fused-ring (bicyclic) bond motifs is 1. The third-order valence-corrected chi connectivity index (χ3v) is 4.42. The highest BCUT2D eigenvalue weighted by Gasteiger charge is 2.16. The van der Waals surface area contributed by atoms with Crippen LogP contribution in [0.2, 0.25) is 0 Å². The monoisotopic (exact) mass is 278 g/mol. The van der Waals surface area contributed by atoms with Gasteiger partial charge in [-0.25, -0.2) is 0 Å². The molecule has 0 atom stereocenters. The van der Waals surface area contributed by atoms with Crippen molar-refractivity contribution in [1.82, 2.24) is 15.5 Å². The number of nitrogens with zero attached hydrogens (tertiary/aromatic N) is 1. The minimum atomic E-state index is -3.58. The molecule has 0 radical (unpaired) electrons. The van der Waals surface area contributed by atoms with Crippen LogP contribution >= 0.6 is 0 Å². The predicted octanol–water partition coefficient (Wildman–Crippen LogP) is 0.856. The average Bonchev–Trinajstić information content (AvgIpc) is 2.93. The summed E-state index contributed by atoms with van der Waals surface area (Å²) in [5.74, 6) is 0. The second-order valence-electron chi connectivity index (χ2n) is 4.44. The van der Waals surface area contributed by atoms with Crippen LogP contribution in [0.4, 0.5) is 5.69 Å². The molecule has 0 spiro atoms. The molecular formula is C12H14N4O2S. The second-order valence-corrected chi connectivity index (χ2v) is 6.09. The molecule has 3 rings (SSSR count). The summed E-state index contributed by atoms with van der Waals surface area (Å²) in [6, 6.07) is 7.05. The number of hydrogen-bond donors (Lipinski definition) is 3. The van der Waals surface area contributed by atoms with E-state index in [-0.39, 0.29) is 5.03 Å². The van der Waals surface area contributed by atoms with Gasteiger partial charge in [0, 0.05) is 12.2 Å². The Hall–Kier alpha value is -1.86. The Morgan fingerprint density at radius 3 is 2.89 bits per heavy atom. The largest absolute Gasteiger partial charge is 0.312 e. The van der Waals surface area contributed by atoms with Crippen LogP contribution < -0.4 is 10.0 Å². The number of aromatic amines is 1. The summed E-state index contributed by atoms with van der Waals surface area (Å²) >= 11 is 0. The summed E-state index contributed by atoms with van der Waals surface area (Å²) < 4.78 is 26.6. The number of aromatic nitrogens is 2.